The van der Waals surface area contributed by atoms with Crippen LogP contribution in [-0.4, -0.2) is 46.4 Å². The van der Waals surface area contributed by atoms with Gasteiger partial charge in [-0.25, -0.2) is 9.69 Å². The normalized spacial score (nSPS) is 21.6. The van der Waals surface area contributed by atoms with Crippen LogP contribution in [0.15, 0.2) is 12.7 Å². The predicted octanol–water partition coefficient (Wildman–Crippen LogP) is 3.71. The van der Waals surface area contributed by atoms with Gasteiger partial charge in [0.15, 0.2) is 0 Å². The predicted molar refractivity (Wildman–Crippen MR) is 105 cm³/mol. The highest BCUT2D eigenvalue weighted by atomic mass is 32.1. The van der Waals surface area contributed by atoms with E-state index in [1.54, 1.807) is 11.0 Å². The number of esters is 1. The molecule has 2 heterocycles. The molecule has 1 unspecified atom stereocenters. The zero-order valence-electron chi connectivity index (χ0n) is 16.3. The van der Waals surface area contributed by atoms with Gasteiger partial charge in [0, 0.05) is 12.0 Å². The molecule has 0 N–H and O–H groups in total. The molecule has 2 aliphatic rings. The SMILES string of the molecule is C=CCN1CC(OC(=O)C2CCCCC2)N(c2nnc(C(C)(C)C)s2)C1=O. The Hall–Kier alpha value is -1.96. The van der Waals surface area contributed by atoms with Crippen molar-refractivity contribution < 1.29 is 14.3 Å². The first kappa shape index (κ1) is 19.8. The maximum atomic E-state index is 12.9. The molecule has 1 aliphatic heterocycles. The number of amides is 2. The number of hydrogen-bond acceptors (Lipinski definition) is 6. The Labute approximate surface area is 164 Å². The fourth-order valence-electron chi connectivity index (χ4n) is 3.41. The van der Waals surface area contributed by atoms with Gasteiger partial charge in [0.2, 0.25) is 11.4 Å². The zero-order chi connectivity index (χ0) is 19.6. The molecule has 3 rings (SSSR count). The standard InChI is InChI=1S/C19H28N4O3S/c1-5-11-22-12-14(26-15(24)13-9-7-6-8-10-13)23(18(22)25)17-21-20-16(27-17)19(2,3)4/h5,13-14H,1,6-12H2,2-4H3. The van der Waals surface area contributed by atoms with Gasteiger partial charge in [-0.15, -0.1) is 16.8 Å². The van der Waals surface area contributed by atoms with Crippen LogP contribution in [0, 0.1) is 5.92 Å². The highest BCUT2D eigenvalue weighted by Crippen LogP contribution is 2.34. The maximum Gasteiger partial charge on any atom is 0.329 e. The summed E-state index contributed by atoms with van der Waals surface area (Å²) in [5, 5.41) is 9.75. The van der Waals surface area contributed by atoms with Gasteiger partial charge in [-0.3, -0.25) is 4.79 Å². The first-order chi connectivity index (χ1) is 12.8. The molecule has 27 heavy (non-hydrogen) atoms. The van der Waals surface area contributed by atoms with Crippen molar-refractivity contribution in [2.45, 2.75) is 64.5 Å². The number of urea groups is 1. The maximum absolute atomic E-state index is 12.9. The summed E-state index contributed by atoms with van der Waals surface area (Å²) in [7, 11) is 0. The van der Waals surface area contributed by atoms with E-state index in [0.29, 0.717) is 18.2 Å². The molecule has 1 aliphatic carbocycles. The number of aromatic nitrogens is 2. The summed E-state index contributed by atoms with van der Waals surface area (Å²) in [6.07, 6.45) is 6.01. The van der Waals surface area contributed by atoms with E-state index in [9.17, 15) is 9.59 Å². The lowest BCUT2D eigenvalue weighted by Gasteiger charge is -2.24. The van der Waals surface area contributed by atoms with Gasteiger partial charge in [-0.1, -0.05) is 57.4 Å². The first-order valence-electron chi connectivity index (χ1n) is 9.54. The van der Waals surface area contributed by atoms with Crippen LogP contribution >= 0.6 is 11.3 Å². The Morgan fingerprint density at radius 3 is 2.59 bits per heavy atom. The van der Waals surface area contributed by atoms with Gasteiger partial charge in [0.1, 0.15) is 5.01 Å². The molecule has 148 valence electrons. The Bertz CT molecular complexity index is 706. The summed E-state index contributed by atoms with van der Waals surface area (Å²) in [6.45, 7) is 10.6. The summed E-state index contributed by atoms with van der Waals surface area (Å²) in [5.74, 6) is -0.276. The monoisotopic (exact) mass is 392 g/mol. The van der Waals surface area contributed by atoms with Gasteiger partial charge in [-0.05, 0) is 12.8 Å². The van der Waals surface area contributed by atoms with E-state index in [1.807, 2.05) is 20.8 Å². The number of hydrogen-bond donors (Lipinski definition) is 0. The van der Waals surface area contributed by atoms with Crippen molar-refractivity contribution in [2.75, 3.05) is 18.0 Å². The van der Waals surface area contributed by atoms with Crippen molar-refractivity contribution in [3.63, 3.8) is 0 Å². The minimum absolute atomic E-state index is 0.0660. The van der Waals surface area contributed by atoms with Crippen LogP contribution in [0.4, 0.5) is 9.93 Å². The summed E-state index contributed by atoms with van der Waals surface area (Å²) in [4.78, 5) is 28.6. The molecule has 2 fully saturated rings. The van der Waals surface area contributed by atoms with Crippen LogP contribution in [0.3, 0.4) is 0 Å². The first-order valence-corrected chi connectivity index (χ1v) is 10.4. The topological polar surface area (TPSA) is 75.6 Å². The summed E-state index contributed by atoms with van der Waals surface area (Å²) >= 11 is 1.37. The third-order valence-corrected chi connectivity index (χ3v) is 6.29. The molecule has 2 amide bonds. The third kappa shape index (κ3) is 4.31. The summed E-state index contributed by atoms with van der Waals surface area (Å²) in [5.41, 5.74) is -0.159. The lowest BCUT2D eigenvalue weighted by molar-refractivity contribution is -0.154. The summed E-state index contributed by atoms with van der Waals surface area (Å²) < 4.78 is 5.79. The number of rotatable bonds is 5. The minimum atomic E-state index is -0.673. The average molecular weight is 393 g/mol. The highest BCUT2D eigenvalue weighted by molar-refractivity contribution is 7.15. The van der Waals surface area contributed by atoms with Crippen molar-refractivity contribution in [2.24, 2.45) is 5.92 Å². The molecule has 7 nitrogen and oxygen atoms in total. The molecular formula is C19H28N4O3S. The second kappa shape index (κ2) is 7.96. The molecule has 1 saturated carbocycles. The zero-order valence-corrected chi connectivity index (χ0v) is 17.1. The summed E-state index contributed by atoms with van der Waals surface area (Å²) in [6, 6.07) is -0.229. The molecule has 0 bridgehead atoms. The molecule has 0 spiro atoms. The fraction of sp³-hybridized carbons (Fsp3) is 0.684. The van der Waals surface area contributed by atoms with Crippen LogP contribution in [0.1, 0.15) is 57.9 Å². The van der Waals surface area contributed by atoms with Gasteiger partial charge in [-0.2, -0.15) is 0 Å². The van der Waals surface area contributed by atoms with E-state index in [0.717, 1.165) is 30.7 Å². The van der Waals surface area contributed by atoms with Crippen LogP contribution < -0.4 is 4.90 Å². The highest BCUT2D eigenvalue weighted by Gasteiger charge is 2.43. The molecule has 1 aromatic rings. The smallest absolute Gasteiger partial charge is 0.329 e. The number of carbonyl (C=O) groups excluding carboxylic acids is 2. The molecular weight excluding hydrogens is 364 g/mol. The number of nitrogens with zero attached hydrogens (tertiary/aromatic N) is 4. The lowest BCUT2D eigenvalue weighted by Crippen LogP contribution is -2.39. The van der Waals surface area contributed by atoms with Crippen LogP contribution in [0.25, 0.3) is 0 Å². The van der Waals surface area contributed by atoms with Crippen molar-refractivity contribution in [3.8, 4) is 0 Å². The van der Waals surface area contributed by atoms with Gasteiger partial charge >= 0.3 is 12.0 Å². The molecule has 1 saturated heterocycles. The lowest BCUT2D eigenvalue weighted by atomic mass is 9.89. The van der Waals surface area contributed by atoms with Crippen molar-refractivity contribution in [1.82, 2.24) is 15.1 Å². The van der Waals surface area contributed by atoms with E-state index in [2.05, 4.69) is 16.8 Å². The van der Waals surface area contributed by atoms with E-state index < -0.39 is 6.23 Å². The van der Waals surface area contributed by atoms with Crippen LogP contribution in [0.2, 0.25) is 0 Å². The largest absolute Gasteiger partial charge is 0.439 e. The Morgan fingerprint density at radius 2 is 2.00 bits per heavy atom. The molecule has 0 aromatic carbocycles. The second-order valence-corrected chi connectivity index (χ2v) is 9.17. The van der Waals surface area contributed by atoms with Gasteiger partial charge < -0.3 is 9.64 Å². The number of carbonyl (C=O) groups is 2. The van der Waals surface area contributed by atoms with Gasteiger partial charge in [0.25, 0.3) is 0 Å². The fourth-order valence-corrected chi connectivity index (χ4v) is 4.35. The van der Waals surface area contributed by atoms with Crippen molar-refractivity contribution in [3.05, 3.63) is 17.7 Å². The molecule has 0 radical (unpaired) electrons. The molecule has 1 aromatic heterocycles. The van der Waals surface area contributed by atoms with Crippen LogP contribution in [0.5, 0.6) is 0 Å². The average Bonchev–Trinajstić information content (AvgIpc) is 3.21. The Kier molecular flexibility index (Phi) is 5.83. The van der Waals surface area contributed by atoms with Crippen molar-refractivity contribution in [1.29, 1.82) is 0 Å². The third-order valence-electron chi connectivity index (χ3n) is 4.94. The van der Waals surface area contributed by atoms with E-state index in [4.69, 9.17) is 4.74 Å². The quantitative estimate of drug-likeness (QED) is 0.564. The number of ether oxygens (including phenoxy) is 1. The Morgan fingerprint density at radius 1 is 1.30 bits per heavy atom. The van der Waals surface area contributed by atoms with Crippen LogP contribution in [-0.2, 0) is 14.9 Å². The Balaban J connectivity index is 1.80. The van der Waals surface area contributed by atoms with Gasteiger partial charge in [0.05, 0.1) is 12.5 Å². The van der Waals surface area contributed by atoms with E-state index >= 15 is 0 Å². The number of anilines is 1. The minimum Gasteiger partial charge on any atom is -0.439 e. The molecule has 8 heteroatoms. The molecule has 1 atom stereocenters. The van der Waals surface area contributed by atoms with E-state index in [-0.39, 0.29) is 23.3 Å². The van der Waals surface area contributed by atoms with Crippen molar-refractivity contribution >= 4 is 28.5 Å². The van der Waals surface area contributed by atoms with E-state index in [1.165, 1.54) is 22.7 Å². The second-order valence-electron chi connectivity index (χ2n) is 8.21.